The van der Waals surface area contributed by atoms with Gasteiger partial charge in [0.2, 0.25) is 0 Å². The fourth-order valence-electron chi connectivity index (χ4n) is 0.678. The van der Waals surface area contributed by atoms with Crippen LogP contribution in [0.3, 0.4) is 0 Å². The standard InChI is InChI=1S/C4H9BN/c1-3-6-4-2-5-1/h6H,1-4H2. The maximum absolute atomic E-state index is 3.25. The van der Waals surface area contributed by atoms with Gasteiger partial charge in [-0.15, -0.1) is 0 Å². The van der Waals surface area contributed by atoms with Crippen LogP contribution in [0.15, 0.2) is 0 Å². The first-order chi connectivity index (χ1) is 3.00. The molecule has 1 fully saturated rings. The number of rotatable bonds is 0. The van der Waals surface area contributed by atoms with Crippen molar-refractivity contribution >= 4 is 7.28 Å². The lowest BCUT2D eigenvalue weighted by atomic mass is 9.69. The molecule has 2 heteroatoms. The molecule has 1 heterocycles. The molecule has 1 nitrogen and oxygen atoms in total. The zero-order chi connectivity index (χ0) is 4.24. The summed E-state index contributed by atoms with van der Waals surface area (Å²) in [4.78, 5) is 0. The van der Waals surface area contributed by atoms with Gasteiger partial charge in [0.05, 0.1) is 0 Å². The third-order valence-corrected chi connectivity index (χ3v) is 1.05. The minimum Gasteiger partial charge on any atom is -0.318 e. The van der Waals surface area contributed by atoms with Crippen molar-refractivity contribution in [3.63, 3.8) is 0 Å². The second kappa shape index (κ2) is 2.24. The second-order valence-corrected chi connectivity index (χ2v) is 1.62. The quantitative estimate of drug-likeness (QED) is 0.409. The van der Waals surface area contributed by atoms with Crippen LogP contribution in [-0.2, 0) is 0 Å². The molecule has 1 rings (SSSR count). The van der Waals surface area contributed by atoms with Crippen molar-refractivity contribution in [1.82, 2.24) is 5.32 Å². The molecule has 1 aliphatic rings. The third-order valence-electron chi connectivity index (χ3n) is 1.05. The summed E-state index contributed by atoms with van der Waals surface area (Å²) in [6.07, 6.45) is 2.53. The Morgan fingerprint density at radius 2 is 1.83 bits per heavy atom. The maximum Gasteiger partial charge on any atom is 0.112 e. The first kappa shape index (κ1) is 4.19. The van der Waals surface area contributed by atoms with Gasteiger partial charge in [-0.25, -0.2) is 0 Å². The lowest BCUT2D eigenvalue weighted by Crippen LogP contribution is -2.24. The summed E-state index contributed by atoms with van der Waals surface area (Å²) in [5.74, 6) is 0. The van der Waals surface area contributed by atoms with Gasteiger partial charge < -0.3 is 5.32 Å². The molecule has 0 unspecified atom stereocenters. The molecule has 1 aliphatic heterocycles. The molecule has 0 spiro atoms. The molecule has 6 heavy (non-hydrogen) atoms. The van der Waals surface area contributed by atoms with Gasteiger partial charge in [-0.05, 0) is 13.1 Å². The molecule has 1 radical (unpaired) electrons. The molecule has 0 aliphatic carbocycles. The Hall–Kier alpha value is 0.0249. The van der Waals surface area contributed by atoms with E-state index in [4.69, 9.17) is 0 Å². The predicted octanol–water partition coefficient (Wildman–Crippen LogP) is 0.130. The van der Waals surface area contributed by atoms with E-state index in [1.54, 1.807) is 0 Å². The van der Waals surface area contributed by atoms with Gasteiger partial charge in [0, 0.05) is 0 Å². The number of hydrogen-bond acceptors (Lipinski definition) is 1. The Labute approximate surface area is 39.4 Å². The molecule has 1 saturated heterocycles. The van der Waals surface area contributed by atoms with Gasteiger partial charge in [-0.1, -0.05) is 12.6 Å². The number of nitrogens with one attached hydrogen (secondary N) is 1. The predicted molar refractivity (Wildman–Crippen MR) is 28.2 cm³/mol. The maximum atomic E-state index is 3.25. The molecule has 0 aromatic carbocycles. The molecule has 0 saturated carbocycles. The second-order valence-electron chi connectivity index (χ2n) is 1.62. The van der Waals surface area contributed by atoms with Crippen LogP contribution in [0.5, 0.6) is 0 Å². The van der Waals surface area contributed by atoms with E-state index in [9.17, 15) is 0 Å². The first-order valence-electron chi connectivity index (χ1n) is 2.52. The summed E-state index contributed by atoms with van der Waals surface area (Å²) in [7, 11) is 2.33. The van der Waals surface area contributed by atoms with Crippen LogP contribution < -0.4 is 5.32 Å². The average molecular weight is 81.9 g/mol. The van der Waals surface area contributed by atoms with Crippen LogP contribution in [-0.4, -0.2) is 20.4 Å². The Kier molecular flexibility index (Phi) is 1.57. The van der Waals surface area contributed by atoms with Gasteiger partial charge in [0.1, 0.15) is 7.28 Å². The molecule has 1 N–H and O–H groups in total. The Bertz CT molecular complexity index is 23.0. The van der Waals surface area contributed by atoms with Crippen LogP contribution in [0.25, 0.3) is 0 Å². The largest absolute Gasteiger partial charge is 0.318 e. The van der Waals surface area contributed by atoms with Gasteiger partial charge in [0.15, 0.2) is 0 Å². The highest BCUT2D eigenvalue weighted by Crippen LogP contribution is 1.87. The molecular formula is C4H9BN. The van der Waals surface area contributed by atoms with Crippen molar-refractivity contribution < 1.29 is 0 Å². The summed E-state index contributed by atoms with van der Waals surface area (Å²) >= 11 is 0. The summed E-state index contributed by atoms with van der Waals surface area (Å²) < 4.78 is 0. The van der Waals surface area contributed by atoms with Crippen molar-refractivity contribution in [2.24, 2.45) is 0 Å². The van der Waals surface area contributed by atoms with Crippen molar-refractivity contribution in [2.75, 3.05) is 13.1 Å². The van der Waals surface area contributed by atoms with Crippen molar-refractivity contribution in [1.29, 1.82) is 0 Å². The molecule has 0 amide bonds. The van der Waals surface area contributed by atoms with Gasteiger partial charge in [-0.2, -0.15) is 0 Å². The van der Waals surface area contributed by atoms with Crippen LogP contribution >= 0.6 is 0 Å². The monoisotopic (exact) mass is 82.1 g/mol. The summed E-state index contributed by atoms with van der Waals surface area (Å²) in [5.41, 5.74) is 0. The van der Waals surface area contributed by atoms with Crippen LogP contribution in [0.1, 0.15) is 0 Å². The molecule has 0 aromatic heterocycles. The van der Waals surface area contributed by atoms with E-state index < -0.39 is 0 Å². The van der Waals surface area contributed by atoms with E-state index >= 15 is 0 Å². The third kappa shape index (κ3) is 1.01. The van der Waals surface area contributed by atoms with E-state index in [0.29, 0.717) is 0 Å². The highest BCUT2D eigenvalue weighted by molar-refractivity contribution is 6.35. The van der Waals surface area contributed by atoms with Crippen LogP contribution in [0, 0.1) is 0 Å². The molecule has 0 aromatic rings. The Morgan fingerprint density at radius 1 is 1.17 bits per heavy atom. The average Bonchev–Trinajstić information content (AvgIpc) is 1.72. The minimum atomic E-state index is 1.19. The van der Waals surface area contributed by atoms with E-state index in [1.807, 2.05) is 0 Å². The normalized spacial score (nSPS) is 22.7. The molecule has 33 valence electrons. The Morgan fingerprint density at radius 3 is 2.00 bits per heavy atom. The zero-order valence-corrected chi connectivity index (χ0v) is 3.91. The Balaban J connectivity index is 2.00. The minimum absolute atomic E-state index is 1.19. The van der Waals surface area contributed by atoms with Gasteiger partial charge in [0.25, 0.3) is 0 Å². The smallest absolute Gasteiger partial charge is 0.112 e. The van der Waals surface area contributed by atoms with E-state index in [2.05, 4.69) is 12.6 Å². The highest BCUT2D eigenvalue weighted by Gasteiger charge is 1.95. The SMILES string of the molecule is [B]1CCNCC1. The molecule has 0 bridgehead atoms. The summed E-state index contributed by atoms with van der Waals surface area (Å²) in [5, 5.41) is 3.25. The topological polar surface area (TPSA) is 12.0 Å². The molecular weight excluding hydrogens is 72.9 g/mol. The van der Waals surface area contributed by atoms with Gasteiger partial charge in [-0.3, -0.25) is 0 Å². The number of hydrogen-bond donors (Lipinski definition) is 1. The lowest BCUT2D eigenvalue weighted by Gasteiger charge is -2.07. The summed E-state index contributed by atoms with van der Waals surface area (Å²) in [6.45, 7) is 2.39. The lowest BCUT2D eigenvalue weighted by molar-refractivity contribution is 0.730. The van der Waals surface area contributed by atoms with Gasteiger partial charge >= 0.3 is 0 Å². The van der Waals surface area contributed by atoms with E-state index in [1.165, 1.54) is 25.7 Å². The summed E-state index contributed by atoms with van der Waals surface area (Å²) in [6, 6.07) is 0. The van der Waals surface area contributed by atoms with Crippen LogP contribution in [0.4, 0.5) is 0 Å². The first-order valence-corrected chi connectivity index (χ1v) is 2.52. The van der Waals surface area contributed by atoms with E-state index in [-0.39, 0.29) is 0 Å². The van der Waals surface area contributed by atoms with Crippen molar-refractivity contribution in [2.45, 2.75) is 12.6 Å². The highest BCUT2D eigenvalue weighted by atomic mass is 14.8. The molecule has 0 atom stereocenters. The van der Waals surface area contributed by atoms with E-state index in [0.717, 1.165) is 0 Å². The zero-order valence-electron chi connectivity index (χ0n) is 3.91. The van der Waals surface area contributed by atoms with Crippen molar-refractivity contribution in [3.05, 3.63) is 0 Å². The van der Waals surface area contributed by atoms with Crippen LogP contribution in [0.2, 0.25) is 12.6 Å². The fourth-order valence-corrected chi connectivity index (χ4v) is 0.678. The van der Waals surface area contributed by atoms with Crippen molar-refractivity contribution in [3.8, 4) is 0 Å². The fraction of sp³-hybridized carbons (Fsp3) is 1.00.